The minimum atomic E-state index is -1.01. The van der Waals surface area contributed by atoms with Gasteiger partial charge in [-0.1, -0.05) is 32.4 Å². The first-order valence-corrected chi connectivity index (χ1v) is 6.96. The van der Waals surface area contributed by atoms with Gasteiger partial charge in [0.2, 0.25) is 0 Å². The maximum absolute atomic E-state index is 12.1. The van der Waals surface area contributed by atoms with Crippen molar-refractivity contribution in [1.29, 1.82) is 0 Å². The Hall–Kier alpha value is -1.36. The molecule has 0 aliphatic heterocycles. The summed E-state index contributed by atoms with van der Waals surface area (Å²) in [6, 6.07) is 4.45. The number of nitrogens with one attached hydrogen (secondary N) is 1. The predicted octanol–water partition coefficient (Wildman–Crippen LogP) is 2.99. The summed E-state index contributed by atoms with van der Waals surface area (Å²) in [4.78, 5) is 23.3. The molecule has 0 aliphatic carbocycles. The van der Waals surface area contributed by atoms with Gasteiger partial charge < -0.3 is 10.4 Å². The highest BCUT2D eigenvalue weighted by atomic mass is 79.9. The van der Waals surface area contributed by atoms with Gasteiger partial charge in [-0.2, -0.15) is 0 Å². The van der Waals surface area contributed by atoms with E-state index in [1.165, 1.54) is 0 Å². The third-order valence-corrected chi connectivity index (χ3v) is 4.25. The number of benzene rings is 1. The summed E-state index contributed by atoms with van der Waals surface area (Å²) in [5.74, 6) is -1.50. The molecule has 0 saturated heterocycles. The number of carboxylic acids is 1. The molecule has 0 fully saturated rings. The van der Waals surface area contributed by atoms with Crippen molar-refractivity contribution in [2.45, 2.75) is 33.2 Å². The van der Waals surface area contributed by atoms with Crippen LogP contribution in [0.3, 0.4) is 0 Å². The Labute approximate surface area is 121 Å². The number of rotatable bonds is 5. The fourth-order valence-electron chi connectivity index (χ4n) is 1.72. The molecule has 0 radical (unpaired) electrons. The first-order chi connectivity index (χ1) is 8.88. The predicted molar refractivity (Wildman–Crippen MR) is 77.2 cm³/mol. The number of carboxylic acid groups (broad SMARTS) is 1. The highest BCUT2D eigenvalue weighted by Crippen LogP contribution is 2.21. The summed E-state index contributed by atoms with van der Waals surface area (Å²) in [7, 11) is 0. The smallest absolute Gasteiger partial charge is 0.326 e. The van der Waals surface area contributed by atoms with E-state index < -0.39 is 12.0 Å². The average Bonchev–Trinajstić information content (AvgIpc) is 2.37. The number of carbonyl (C=O) groups excluding carboxylic acids is 1. The van der Waals surface area contributed by atoms with Gasteiger partial charge >= 0.3 is 5.97 Å². The molecule has 2 atom stereocenters. The van der Waals surface area contributed by atoms with E-state index in [-0.39, 0.29) is 11.8 Å². The molecule has 1 aromatic rings. The molecule has 0 aromatic heterocycles. The minimum Gasteiger partial charge on any atom is -0.480 e. The first kappa shape index (κ1) is 15.7. The topological polar surface area (TPSA) is 66.4 Å². The molecule has 0 spiro atoms. The van der Waals surface area contributed by atoms with Crippen LogP contribution in [0.2, 0.25) is 0 Å². The number of aliphatic carboxylic acids is 1. The lowest BCUT2D eigenvalue weighted by Crippen LogP contribution is -2.45. The van der Waals surface area contributed by atoms with Crippen LogP contribution < -0.4 is 5.32 Å². The van der Waals surface area contributed by atoms with E-state index in [1.54, 1.807) is 12.1 Å². The Bertz CT molecular complexity index is 488. The third-order valence-electron chi connectivity index (χ3n) is 3.20. The molecule has 5 heteroatoms. The van der Waals surface area contributed by atoms with E-state index >= 15 is 0 Å². The highest BCUT2D eigenvalue weighted by Gasteiger charge is 2.26. The van der Waals surface area contributed by atoms with E-state index in [0.717, 1.165) is 5.56 Å². The molecule has 2 unspecified atom stereocenters. The molecule has 0 heterocycles. The van der Waals surface area contributed by atoms with Crippen molar-refractivity contribution < 1.29 is 14.7 Å². The Balaban J connectivity index is 2.94. The van der Waals surface area contributed by atoms with E-state index in [4.69, 9.17) is 5.11 Å². The van der Waals surface area contributed by atoms with Crippen LogP contribution >= 0.6 is 15.9 Å². The summed E-state index contributed by atoms with van der Waals surface area (Å²) >= 11 is 3.35. The van der Waals surface area contributed by atoms with Gasteiger partial charge in [0.05, 0.1) is 5.56 Å². The molecular formula is C14H18BrNO3. The van der Waals surface area contributed by atoms with Gasteiger partial charge in [-0.05, 0) is 40.4 Å². The summed E-state index contributed by atoms with van der Waals surface area (Å²) in [6.07, 6.45) is 0.687. The zero-order chi connectivity index (χ0) is 14.6. The summed E-state index contributed by atoms with van der Waals surface area (Å²) in [6.45, 7) is 5.59. The number of hydrogen-bond acceptors (Lipinski definition) is 2. The maximum Gasteiger partial charge on any atom is 0.326 e. The molecule has 0 aliphatic rings. The van der Waals surface area contributed by atoms with Crippen LogP contribution in [0.15, 0.2) is 22.7 Å². The number of aryl methyl sites for hydroxylation is 1. The van der Waals surface area contributed by atoms with Crippen molar-refractivity contribution in [1.82, 2.24) is 5.32 Å². The van der Waals surface area contributed by atoms with Gasteiger partial charge in [-0.15, -0.1) is 0 Å². The monoisotopic (exact) mass is 327 g/mol. The molecule has 2 N–H and O–H groups in total. The number of amides is 1. The maximum atomic E-state index is 12.1. The van der Waals surface area contributed by atoms with E-state index in [1.807, 2.05) is 26.8 Å². The van der Waals surface area contributed by atoms with Gasteiger partial charge in [-0.25, -0.2) is 4.79 Å². The first-order valence-electron chi connectivity index (χ1n) is 6.17. The molecule has 1 aromatic carbocycles. The number of halogens is 1. The summed E-state index contributed by atoms with van der Waals surface area (Å²) in [5, 5.41) is 11.8. The van der Waals surface area contributed by atoms with Crippen molar-refractivity contribution in [3.63, 3.8) is 0 Å². The molecule has 0 bridgehead atoms. The molecule has 1 rings (SSSR count). The van der Waals surface area contributed by atoms with Crippen LogP contribution in [-0.2, 0) is 4.79 Å². The Morgan fingerprint density at radius 3 is 2.58 bits per heavy atom. The van der Waals surface area contributed by atoms with Crippen molar-refractivity contribution in [2.75, 3.05) is 0 Å². The standard InChI is InChI=1S/C14H18BrNO3/c1-4-8(2)12(14(18)19)16-13(17)10-7-5-6-9(3)11(10)15/h5-8,12H,4H2,1-3H3,(H,16,17)(H,18,19). The van der Waals surface area contributed by atoms with E-state index in [0.29, 0.717) is 16.5 Å². The van der Waals surface area contributed by atoms with Crippen molar-refractivity contribution in [3.05, 3.63) is 33.8 Å². The minimum absolute atomic E-state index is 0.120. The SMILES string of the molecule is CCC(C)C(NC(=O)c1cccc(C)c1Br)C(=O)O. The zero-order valence-corrected chi connectivity index (χ0v) is 12.8. The van der Waals surface area contributed by atoms with E-state index in [2.05, 4.69) is 21.2 Å². The molecule has 4 nitrogen and oxygen atoms in total. The fraction of sp³-hybridized carbons (Fsp3) is 0.429. The quantitative estimate of drug-likeness (QED) is 0.873. The summed E-state index contributed by atoms with van der Waals surface area (Å²) in [5.41, 5.74) is 1.39. The van der Waals surface area contributed by atoms with Crippen LogP contribution in [0.1, 0.15) is 36.2 Å². The van der Waals surface area contributed by atoms with Crippen LogP contribution in [0, 0.1) is 12.8 Å². The largest absolute Gasteiger partial charge is 0.480 e. The normalized spacial score (nSPS) is 13.7. The summed E-state index contributed by atoms with van der Waals surface area (Å²) < 4.78 is 0.695. The van der Waals surface area contributed by atoms with Crippen LogP contribution in [0.25, 0.3) is 0 Å². The lowest BCUT2D eigenvalue weighted by Gasteiger charge is -2.20. The molecule has 0 saturated carbocycles. The molecule has 1 amide bonds. The second-order valence-electron chi connectivity index (χ2n) is 4.61. The highest BCUT2D eigenvalue weighted by molar-refractivity contribution is 9.10. The van der Waals surface area contributed by atoms with Gasteiger partial charge in [-0.3, -0.25) is 4.79 Å². The number of hydrogen-bond donors (Lipinski definition) is 2. The van der Waals surface area contributed by atoms with Crippen LogP contribution in [-0.4, -0.2) is 23.0 Å². The fourth-order valence-corrected chi connectivity index (χ4v) is 2.17. The van der Waals surface area contributed by atoms with Gasteiger partial charge in [0, 0.05) is 4.47 Å². The van der Waals surface area contributed by atoms with Gasteiger partial charge in [0.1, 0.15) is 6.04 Å². The number of carbonyl (C=O) groups is 2. The average molecular weight is 328 g/mol. The van der Waals surface area contributed by atoms with Gasteiger partial charge in [0.15, 0.2) is 0 Å². The van der Waals surface area contributed by atoms with Crippen LogP contribution in [0.5, 0.6) is 0 Å². The Kier molecular flexibility index (Phi) is 5.54. The Morgan fingerprint density at radius 2 is 2.05 bits per heavy atom. The third kappa shape index (κ3) is 3.80. The second kappa shape index (κ2) is 6.70. The molecular weight excluding hydrogens is 310 g/mol. The lowest BCUT2D eigenvalue weighted by molar-refractivity contribution is -0.140. The van der Waals surface area contributed by atoms with E-state index in [9.17, 15) is 9.59 Å². The van der Waals surface area contributed by atoms with Crippen molar-refractivity contribution in [3.8, 4) is 0 Å². The lowest BCUT2D eigenvalue weighted by atomic mass is 9.99. The van der Waals surface area contributed by atoms with Crippen molar-refractivity contribution >= 4 is 27.8 Å². The van der Waals surface area contributed by atoms with Crippen molar-refractivity contribution in [2.24, 2.45) is 5.92 Å². The zero-order valence-electron chi connectivity index (χ0n) is 11.2. The van der Waals surface area contributed by atoms with Crippen LogP contribution in [0.4, 0.5) is 0 Å². The second-order valence-corrected chi connectivity index (χ2v) is 5.40. The molecule has 19 heavy (non-hydrogen) atoms. The Morgan fingerprint density at radius 1 is 1.42 bits per heavy atom. The van der Waals surface area contributed by atoms with Gasteiger partial charge in [0.25, 0.3) is 5.91 Å². The molecule has 104 valence electrons.